The molecule has 128 valence electrons. The van der Waals surface area contributed by atoms with Crippen LogP contribution in [0.3, 0.4) is 0 Å². The van der Waals surface area contributed by atoms with Crippen LogP contribution in [0.25, 0.3) is 5.69 Å². The SMILES string of the molecule is Fc1ccccc1C1(NCc2ccccc2-n2cccn2)CCCC1. The molecule has 0 spiro atoms. The predicted octanol–water partition coefficient (Wildman–Crippen LogP) is 4.57. The standard InChI is InChI=1S/C21H22FN3/c22-19-10-3-2-9-18(19)21(12-5-6-13-21)23-16-17-8-1-4-11-20(17)25-15-7-14-24-25/h1-4,7-11,14-15,23H,5-6,12-13,16H2. The van der Waals surface area contributed by atoms with Crippen LogP contribution in [0.5, 0.6) is 0 Å². The summed E-state index contributed by atoms with van der Waals surface area (Å²) >= 11 is 0. The average Bonchev–Trinajstić information content (AvgIpc) is 3.33. The fourth-order valence-corrected chi connectivity index (χ4v) is 3.93. The summed E-state index contributed by atoms with van der Waals surface area (Å²) in [5, 5.41) is 8.04. The van der Waals surface area contributed by atoms with Gasteiger partial charge in [0.05, 0.1) is 5.69 Å². The van der Waals surface area contributed by atoms with Gasteiger partial charge in [0.1, 0.15) is 5.82 Å². The molecule has 1 saturated carbocycles. The van der Waals surface area contributed by atoms with E-state index in [9.17, 15) is 4.39 Å². The topological polar surface area (TPSA) is 29.9 Å². The van der Waals surface area contributed by atoms with Crippen LogP contribution in [0.15, 0.2) is 67.0 Å². The average molecular weight is 335 g/mol. The minimum absolute atomic E-state index is 0.114. The van der Waals surface area contributed by atoms with Gasteiger partial charge in [0.2, 0.25) is 0 Å². The van der Waals surface area contributed by atoms with Gasteiger partial charge in [-0.25, -0.2) is 9.07 Å². The molecule has 0 unspecified atom stereocenters. The van der Waals surface area contributed by atoms with Gasteiger partial charge < -0.3 is 5.32 Å². The first kappa shape index (κ1) is 16.0. The van der Waals surface area contributed by atoms with Gasteiger partial charge in [-0.2, -0.15) is 5.10 Å². The second-order valence-electron chi connectivity index (χ2n) is 6.70. The summed E-state index contributed by atoms with van der Waals surface area (Å²) in [6.07, 6.45) is 7.92. The Morgan fingerprint density at radius 3 is 2.52 bits per heavy atom. The highest BCUT2D eigenvalue weighted by Crippen LogP contribution is 2.40. The van der Waals surface area contributed by atoms with Gasteiger partial charge in [-0.05, 0) is 36.6 Å². The van der Waals surface area contributed by atoms with Crippen LogP contribution >= 0.6 is 0 Å². The first-order chi connectivity index (χ1) is 12.3. The van der Waals surface area contributed by atoms with Crippen molar-refractivity contribution in [2.24, 2.45) is 0 Å². The summed E-state index contributed by atoms with van der Waals surface area (Å²) in [5.41, 5.74) is 2.74. The van der Waals surface area contributed by atoms with Crippen molar-refractivity contribution in [3.63, 3.8) is 0 Å². The zero-order valence-corrected chi connectivity index (χ0v) is 14.2. The molecule has 3 aromatic rings. The molecule has 2 aromatic carbocycles. The van der Waals surface area contributed by atoms with Gasteiger partial charge in [-0.3, -0.25) is 0 Å². The van der Waals surface area contributed by atoms with Crippen molar-refractivity contribution < 1.29 is 4.39 Å². The highest BCUT2D eigenvalue weighted by atomic mass is 19.1. The molecule has 4 heteroatoms. The third-order valence-electron chi connectivity index (χ3n) is 5.21. The fraction of sp³-hybridized carbons (Fsp3) is 0.286. The van der Waals surface area contributed by atoms with E-state index in [1.165, 1.54) is 0 Å². The Labute approximate surface area is 147 Å². The number of rotatable bonds is 5. The second kappa shape index (κ2) is 6.81. The molecule has 0 bridgehead atoms. The third kappa shape index (κ3) is 3.10. The number of hydrogen-bond donors (Lipinski definition) is 1. The summed E-state index contributed by atoms with van der Waals surface area (Å²) in [4.78, 5) is 0. The molecule has 1 N–H and O–H groups in total. The molecule has 1 fully saturated rings. The van der Waals surface area contributed by atoms with Gasteiger partial charge in [0, 0.05) is 30.0 Å². The van der Waals surface area contributed by atoms with E-state index in [4.69, 9.17) is 0 Å². The Morgan fingerprint density at radius 2 is 1.76 bits per heavy atom. The molecule has 0 radical (unpaired) electrons. The van der Waals surface area contributed by atoms with Crippen molar-refractivity contribution in [2.45, 2.75) is 37.8 Å². The number of para-hydroxylation sites is 1. The van der Waals surface area contributed by atoms with Crippen molar-refractivity contribution in [1.82, 2.24) is 15.1 Å². The molecule has 1 aromatic heterocycles. The Morgan fingerprint density at radius 1 is 1.00 bits per heavy atom. The Kier molecular flexibility index (Phi) is 4.36. The molecule has 0 saturated heterocycles. The van der Waals surface area contributed by atoms with Crippen molar-refractivity contribution in [3.05, 3.63) is 83.9 Å². The molecule has 1 aliphatic carbocycles. The number of halogens is 1. The molecule has 1 aliphatic rings. The smallest absolute Gasteiger partial charge is 0.128 e. The Bertz CT molecular complexity index is 836. The van der Waals surface area contributed by atoms with E-state index in [0.29, 0.717) is 6.54 Å². The third-order valence-corrected chi connectivity index (χ3v) is 5.21. The molecular weight excluding hydrogens is 313 g/mol. The minimum atomic E-state index is -0.275. The number of benzene rings is 2. The van der Waals surface area contributed by atoms with Crippen LogP contribution in [0.1, 0.15) is 36.8 Å². The lowest BCUT2D eigenvalue weighted by atomic mass is 9.87. The lowest BCUT2D eigenvalue weighted by Crippen LogP contribution is -2.40. The Hall–Kier alpha value is -2.46. The van der Waals surface area contributed by atoms with Gasteiger partial charge in [0.25, 0.3) is 0 Å². The van der Waals surface area contributed by atoms with E-state index in [0.717, 1.165) is 42.5 Å². The largest absolute Gasteiger partial charge is 0.303 e. The summed E-state index contributed by atoms with van der Waals surface area (Å²) in [6, 6.07) is 17.3. The van der Waals surface area contributed by atoms with E-state index < -0.39 is 0 Å². The van der Waals surface area contributed by atoms with E-state index in [1.807, 2.05) is 41.2 Å². The van der Waals surface area contributed by atoms with Gasteiger partial charge in [0.15, 0.2) is 0 Å². The van der Waals surface area contributed by atoms with E-state index in [1.54, 1.807) is 18.3 Å². The number of aromatic nitrogens is 2. The summed E-state index contributed by atoms with van der Waals surface area (Å²) in [5.74, 6) is -0.114. The van der Waals surface area contributed by atoms with Crippen LogP contribution in [0.4, 0.5) is 4.39 Å². The van der Waals surface area contributed by atoms with Crippen LogP contribution in [0, 0.1) is 5.82 Å². The van der Waals surface area contributed by atoms with E-state index >= 15 is 0 Å². The summed E-state index contributed by atoms with van der Waals surface area (Å²) < 4.78 is 16.3. The van der Waals surface area contributed by atoms with E-state index in [2.05, 4.69) is 22.5 Å². The summed E-state index contributed by atoms with van der Waals surface area (Å²) in [7, 11) is 0. The molecule has 4 rings (SSSR count). The maximum Gasteiger partial charge on any atom is 0.128 e. The van der Waals surface area contributed by atoms with Gasteiger partial charge >= 0.3 is 0 Å². The quantitative estimate of drug-likeness (QED) is 0.740. The molecule has 25 heavy (non-hydrogen) atoms. The molecule has 0 aliphatic heterocycles. The van der Waals surface area contributed by atoms with Crippen LogP contribution in [0.2, 0.25) is 0 Å². The highest BCUT2D eigenvalue weighted by Gasteiger charge is 2.37. The molecule has 0 amide bonds. The first-order valence-electron chi connectivity index (χ1n) is 8.86. The second-order valence-corrected chi connectivity index (χ2v) is 6.70. The van der Waals surface area contributed by atoms with Gasteiger partial charge in [-0.15, -0.1) is 0 Å². The summed E-state index contributed by atoms with van der Waals surface area (Å²) in [6.45, 7) is 0.685. The van der Waals surface area contributed by atoms with Gasteiger partial charge in [-0.1, -0.05) is 49.2 Å². The van der Waals surface area contributed by atoms with Crippen molar-refractivity contribution in [1.29, 1.82) is 0 Å². The molecular formula is C21H22FN3. The maximum absolute atomic E-state index is 14.5. The zero-order chi connectivity index (χ0) is 17.1. The molecule has 0 atom stereocenters. The van der Waals surface area contributed by atoms with Crippen LogP contribution in [-0.4, -0.2) is 9.78 Å². The van der Waals surface area contributed by atoms with Crippen molar-refractivity contribution >= 4 is 0 Å². The number of hydrogen-bond acceptors (Lipinski definition) is 2. The first-order valence-corrected chi connectivity index (χ1v) is 8.86. The monoisotopic (exact) mass is 335 g/mol. The zero-order valence-electron chi connectivity index (χ0n) is 14.2. The molecule has 1 heterocycles. The van der Waals surface area contributed by atoms with Crippen LogP contribution in [-0.2, 0) is 12.1 Å². The van der Waals surface area contributed by atoms with Crippen molar-refractivity contribution in [3.8, 4) is 5.69 Å². The lowest BCUT2D eigenvalue weighted by Gasteiger charge is -2.32. The van der Waals surface area contributed by atoms with Crippen LogP contribution < -0.4 is 5.32 Å². The van der Waals surface area contributed by atoms with E-state index in [-0.39, 0.29) is 11.4 Å². The lowest BCUT2D eigenvalue weighted by molar-refractivity contribution is 0.325. The number of nitrogens with one attached hydrogen (secondary N) is 1. The number of nitrogens with zero attached hydrogens (tertiary/aromatic N) is 2. The fourth-order valence-electron chi connectivity index (χ4n) is 3.93. The molecule has 3 nitrogen and oxygen atoms in total. The Balaban J connectivity index is 1.63. The maximum atomic E-state index is 14.5. The van der Waals surface area contributed by atoms with Crippen molar-refractivity contribution in [2.75, 3.05) is 0 Å². The highest BCUT2D eigenvalue weighted by molar-refractivity contribution is 5.40. The normalized spacial score (nSPS) is 16.2. The minimum Gasteiger partial charge on any atom is -0.303 e. The predicted molar refractivity (Wildman–Crippen MR) is 96.9 cm³/mol.